The minimum Gasteiger partial charge on any atom is -0.465 e. The summed E-state index contributed by atoms with van der Waals surface area (Å²) >= 11 is 1.58. The van der Waals surface area contributed by atoms with Gasteiger partial charge >= 0.3 is 5.97 Å². The highest BCUT2D eigenvalue weighted by molar-refractivity contribution is 7.10. The van der Waals surface area contributed by atoms with Crippen LogP contribution in [0.15, 0.2) is 11.4 Å². The van der Waals surface area contributed by atoms with Crippen molar-refractivity contribution in [3.8, 4) is 0 Å². The van der Waals surface area contributed by atoms with Gasteiger partial charge in [0.2, 0.25) is 0 Å². The highest BCUT2D eigenvalue weighted by Crippen LogP contribution is 2.19. The Morgan fingerprint density at radius 1 is 1.69 bits per heavy atom. The lowest BCUT2D eigenvalue weighted by Gasteiger charge is -2.00. The van der Waals surface area contributed by atoms with Gasteiger partial charge in [0.15, 0.2) is 0 Å². The predicted molar refractivity (Wildman–Crippen MR) is 53.0 cm³/mol. The monoisotopic (exact) mass is 199 g/mol. The van der Waals surface area contributed by atoms with Crippen molar-refractivity contribution in [2.45, 2.75) is 12.8 Å². The van der Waals surface area contributed by atoms with Crippen molar-refractivity contribution in [2.75, 3.05) is 13.7 Å². The average Bonchev–Trinajstić information content (AvgIpc) is 2.61. The van der Waals surface area contributed by atoms with Crippen LogP contribution < -0.4 is 5.73 Å². The summed E-state index contributed by atoms with van der Waals surface area (Å²) in [4.78, 5) is 12.3. The second kappa shape index (κ2) is 4.99. The van der Waals surface area contributed by atoms with Gasteiger partial charge in [-0.3, -0.25) is 0 Å². The van der Waals surface area contributed by atoms with Crippen LogP contribution in [-0.4, -0.2) is 19.6 Å². The van der Waals surface area contributed by atoms with E-state index in [-0.39, 0.29) is 5.97 Å². The zero-order valence-electron chi connectivity index (χ0n) is 7.58. The molecule has 2 N–H and O–H groups in total. The van der Waals surface area contributed by atoms with Gasteiger partial charge in [0, 0.05) is 4.88 Å². The lowest BCUT2D eigenvalue weighted by molar-refractivity contribution is 0.0600. The molecular formula is C9H13NO2S. The summed E-state index contributed by atoms with van der Waals surface area (Å²) in [5.74, 6) is -0.256. The number of hydrogen-bond donors (Lipinski definition) is 1. The van der Waals surface area contributed by atoms with Gasteiger partial charge in [0.1, 0.15) is 0 Å². The molecule has 0 aliphatic carbocycles. The van der Waals surface area contributed by atoms with Crippen LogP contribution in [0, 0.1) is 0 Å². The number of carbonyl (C=O) groups excluding carboxylic acids is 1. The second-order valence-electron chi connectivity index (χ2n) is 2.64. The van der Waals surface area contributed by atoms with Crippen LogP contribution in [0.3, 0.4) is 0 Å². The molecule has 0 aliphatic heterocycles. The van der Waals surface area contributed by atoms with Crippen molar-refractivity contribution in [1.82, 2.24) is 0 Å². The highest BCUT2D eigenvalue weighted by Gasteiger charge is 2.11. The Hall–Kier alpha value is -0.870. The zero-order valence-corrected chi connectivity index (χ0v) is 8.39. The molecule has 0 atom stereocenters. The minimum absolute atomic E-state index is 0.256. The molecule has 72 valence electrons. The van der Waals surface area contributed by atoms with Gasteiger partial charge in [-0.2, -0.15) is 0 Å². The van der Waals surface area contributed by atoms with Crippen molar-refractivity contribution in [2.24, 2.45) is 5.73 Å². The third-order valence-corrected chi connectivity index (χ3v) is 2.74. The van der Waals surface area contributed by atoms with E-state index in [0.717, 1.165) is 17.7 Å². The number of methoxy groups -OCH3 is 1. The first-order chi connectivity index (χ1) is 6.29. The number of nitrogens with two attached hydrogens (primary N) is 1. The van der Waals surface area contributed by atoms with Gasteiger partial charge in [-0.1, -0.05) is 0 Å². The molecule has 1 rings (SSSR count). The molecule has 0 fully saturated rings. The number of aryl methyl sites for hydroxylation is 1. The lowest BCUT2D eigenvalue weighted by atomic mass is 10.2. The molecule has 0 unspecified atom stereocenters. The Morgan fingerprint density at radius 2 is 2.46 bits per heavy atom. The Bertz CT molecular complexity index is 283. The van der Waals surface area contributed by atoms with E-state index in [1.165, 1.54) is 7.11 Å². The summed E-state index contributed by atoms with van der Waals surface area (Å²) in [5.41, 5.74) is 6.07. The summed E-state index contributed by atoms with van der Waals surface area (Å²) < 4.78 is 4.65. The summed E-state index contributed by atoms with van der Waals surface area (Å²) in [6, 6.07) is 1.79. The maximum absolute atomic E-state index is 11.2. The summed E-state index contributed by atoms with van der Waals surface area (Å²) in [5, 5.41) is 1.90. The quantitative estimate of drug-likeness (QED) is 0.746. The van der Waals surface area contributed by atoms with E-state index in [9.17, 15) is 4.79 Å². The molecule has 1 aromatic heterocycles. The van der Waals surface area contributed by atoms with Crippen molar-refractivity contribution in [1.29, 1.82) is 0 Å². The van der Waals surface area contributed by atoms with Gasteiger partial charge in [-0.05, 0) is 30.8 Å². The SMILES string of the molecule is COC(=O)c1ccsc1CCCN. The molecule has 1 heterocycles. The van der Waals surface area contributed by atoms with Crippen LogP contribution in [0.4, 0.5) is 0 Å². The molecule has 13 heavy (non-hydrogen) atoms. The molecule has 0 aliphatic rings. The molecule has 0 spiro atoms. The Labute approximate surface area is 81.5 Å². The molecule has 0 radical (unpaired) electrons. The Kier molecular flexibility index (Phi) is 3.92. The van der Waals surface area contributed by atoms with Gasteiger partial charge < -0.3 is 10.5 Å². The van der Waals surface area contributed by atoms with E-state index in [1.807, 2.05) is 5.38 Å². The largest absolute Gasteiger partial charge is 0.465 e. The third kappa shape index (κ3) is 2.54. The van der Waals surface area contributed by atoms with E-state index < -0.39 is 0 Å². The normalized spacial score (nSPS) is 10.0. The number of ether oxygens (including phenoxy) is 1. The molecule has 0 amide bonds. The van der Waals surface area contributed by atoms with Gasteiger partial charge in [0.05, 0.1) is 12.7 Å². The van der Waals surface area contributed by atoms with E-state index in [1.54, 1.807) is 17.4 Å². The first kappa shape index (κ1) is 10.2. The number of hydrogen-bond acceptors (Lipinski definition) is 4. The van der Waals surface area contributed by atoms with Crippen LogP contribution in [0.2, 0.25) is 0 Å². The van der Waals surface area contributed by atoms with Gasteiger partial charge in [0.25, 0.3) is 0 Å². The standard InChI is InChI=1S/C9H13NO2S/c1-12-9(11)7-4-6-13-8(7)3-2-5-10/h4,6H,2-3,5,10H2,1H3. The average molecular weight is 199 g/mol. The van der Waals surface area contributed by atoms with E-state index in [4.69, 9.17) is 5.73 Å². The number of carbonyl (C=O) groups is 1. The fourth-order valence-corrected chi connectivity index (χ4v) is 2.00. The molecule has 0 bridgehead atoms. The molecular weight excluding hydrogens is 186 g/mol. The minimum atomic E-state index is -0.256. The van der Waals surface area contributed by atoms with Crippen LogP contribution in [0.5, 0.6) is 0 Å². The van der Waals surface area contributed by atoms with Crippen LogP contribution >= 0.6 is 11.3 Å². The van der Waals surface area contributed by atoms with Crippen molar-refractivity contribution in [3.63, 3.8) is 0 Å². The molecule has 3 nitrogen and oxygen atoms in total. The summed E-state index contributed by atoms with van der Waals surface area (Å²) in [6.07, 6.45) is 1.77. The number of rotatable bonds is 4. The van der Waals surface area contributed by atoms with E-state index in [0.29, 0.717) is 12.1 Å². The summed E-state index contributed by atoms with van der Waals surface area (Å²) in [6.45, 7) is 0.651. The second-order valence-corrected chi connectivity index (χ2v) is 3.64. The van der Waals surface area contributed by atoms with Gasteiger partial charge in [-0.25, -0.2) is 4.79 Å². The molecule has 0 saturated heterocycles. The van der Waals surface area contributed by atoms with Crippen molar-refractivity contribution >= 4 is 17.3 Å². The van der Waals surface area contributed by atoms with Crippen LogP contribution in [0.25, 0.3) is 0 Å². The number of thiophene rings is 1. The Balaban J connectivity index is 2.71. The van der Waals surface area contributed by atoms with Crippen molar-refractivity contribution < 1.29 is 9.53 Å². The van der Waals surface area contributed by atoms with E-state index >= 15 is 0 Å². The lowest BCUT2D eigenvalue weighted by Crippen LogP contribution is -2.05. The maximum atomic E-state index is 11.2. The fraction of sp³-hybridized carbons (Fsp3) is 0.444. The molecule has 0 saturated carbocycles. The van der Waals surface area contributed by atoms with Crippen LogP contribution in [-0.2, 0) is 11.2 Å². The summed E-state index contributed by atoms with van der Waals surface area (Å²) in [7, 11) is 1.40. The first-order valence-electron chi connectivity index (χ1n) is 4.14. The molecule has 4 heteroatoms. The predicted octanol–water partition coefficient (Wildman–Crippen LogP) is 1.43. The first-order valence-corrected chi connectivity index (χ1v) is 5.02. The van der Waals surface area contributed by atoms with E-state index in [2.05, 4.69) is 4.74 Å². The zero-order chi connectivity index (χ0) is 9.68. The highest BCUT2D eigenvalue weighted by atomic mass is 32.1. The van der Waals surface area contributed by atoms with Crippen LogP contribution in [0.1, 0.15) is 21.7 Å². The Morgan fingerprint density at radius 3 is 3.08 bits per heavy atom. The fourth-order valence-electron chi connectivity index (χ4n) is 1.09. The maximum Gasteiger partial charge on any atom is 0.338 e. The van der Waals surface area contributed by atoms with Crippen molar-refractivity contribution in [3.05, 3.63) is 21.9 Å². The third-order valence-electron chi connectivity index (χ3n) is 1.76. The molecule has 0 aromatic carbocycles. The smallest absolute Gasteiger partial charge is 0.338 e. The topological polar surface area (TPSA) is 52.3 Å². The number of esters is 1. The molecule has 1 aromatic rings. The van der Waals surface area contributed by atoms with Gasteiger partial charge in [-0.15, -0.1) is 11.3 Å².